The summed E-state index contributed by atoms with van der Waals surface area (Å²) in [4.78, 5) is 22.4. The Morgan fingerprint density at radius 1 is 1.28 bits per heavy atom. The molecule has 0 aromatic rings. The third kappa shape index (κ3) is 5.04. The van der Waals surface area contributed by atoms with Crippen molar-refractivity contribution in [3.8, 4) is 0 Å². The lowest BCUT2D eigenvalue weighted by atomic mass is 10.1. The zero-order valence-electron chi connectivity index (χ0n) is 11.1. The van der Waals surface area contributed by atoms with Gasteiger partial charge in [-0.25, -0.2) is 4.79 Å². The molecule has 0 aromatic carbocycles. The summed E-state index contributed by atoms with van der Waals surface area (Å²) in [5.41, 5.74) is 0. The Kier molecular flexibility index (Phi) is 6.12. The SMILES string of the molecule is CC(C)CCCCNC(=O)C1CCC(C(=O)O)O1. The van der Waals surface area contributed by atoms with Crippen LogP contribution < -0.4 is 5.32 Å². The second-order valence-electron chi connectivity index (χ2n) is 5.21. The van der Waals surface area contributed by atoms with Crippen LogP contribution in [0.15, 0.2) is 0 Å². The van der Waals surface area contributed by atoms with E-state index < -0.39 is 18.2 Å². The first-order valence-corrected chi connectivity index (χ1v) is 6.66. The minimum absolute atomic E-state index is 0.178. The van der Waals surface area contributed by atoms with Gasteiger partial charge in [0.1, 0.15) is 6.10 Å². The number of amides is 1. The highest BCUT2D eigenvalue weighted by atomic mass is 16.5. The molecule has 2 unspecified atom stereocenters. The maximum Gasteiger partial charge on any atom is 0.332 e. The van der Waals surface area contributed by atoms with Crippen molar-refractivity contribution in [3.63, 3.8) is 0 Å². The summed E-state index contributed by atoms with van der Waals surface area (Å²) < 4.78 is 5.17. The second-order valence-corrected chi connectivity index (χ2v) is 5.21. The smallest absolute Gasteiger partial charge is 0.332 e. The summed E-state index contributed by atoms with van der Waals surface area (Å²) in [7, 11) is 0. The first-order valence-electron chi connectivity index (χ1n) is 6.66. The normalized spacial score (nSPS) is 23.3. The Bertz CT molecular complexity index is 291. The number of rotatable bonds is 7. The molecule has 0 aromatic heterocycles. The summed E-state index contributed by atoms with van der Waals surface area (Å²) >= 11 is 0. The number of hydrogen-bond donors (Lipinski definition) is 2. The molecule has 0 radical (unpaired) electrons. The fourth-order valence-electron chi connectivity index (χ4n) is 2.01. The van der Waals surface area contributed by atoms with E-state index in [0.717, 1.165) is 19.3 Å². The highest BCUT2D eigenvalue weighted by Gasteiger charge is 2.34. The first-order chi connectivity index (χ1) is 8.50. The van der Waals surface area contributed by atoms with E-state index in [1.807, 2.05) is 0 Å². The van der Waals surface area contributed by atoms with Crippen LogP contribution in [-0.2, 0) is 14.3 Å². The van der Waals surface area contributed by atoms with Gasteiger partial charge in [0.15, 0.2) is 6.10 Å². The van der Waals surface area contributed by atoms with E-state index in [1.54, 1.807) is 0 Å². The number of carbonyl (C=O) groups excluding carboxylic acids is 1. The van der Waals surface area contributed by atoms with Gasteiger partial charge in [-0.1, -0.05) is 26.7 Å². The van der Waals surface area contributed by atoms with Gasteiger partial charge in [0.25, 0.3) is 0 Å². The Labute approximate surface area is 108 Å². The van der Waals surface area contributed by atoms with Crippen LogP contribution >= 0.6 is 0 Å². The molecule has 1 fully saturated rings. The van der Waals surface area contributed by atoms with Gasteiger partial charge in [-0.3, -0.25) is 4.79 Å². The number of ether oxygens (including phenoxy) is 1. The lowest BCUT2D eigenvalue weighted by molar-refractivity contribution is -0.151. The maximum atomic E-state index is 11.7. The molecular weight excluding hydrogens is 234 g/mol. The summed E-state index contributed by atoms with van der Waals surface area (Å²) in [6.07, 6.45) is 2.73. The van der Waals surface area contributed by atoms with Crippen molar-refractivity contribution < 1.29 is 19.4 Å². The van der Waals surface area contributed by atoms with E-state index in [9.17, 15) is 9.59 Å². The quantitative estimate of drug-likeness (QED) is 0.679. The molecule has 1 heterocycles. The molecule has 1 aliphatic heterocycles. The van der Waals surface area contributed by atoms with Crippen molar-refractivity contribution in [2.45, 2.75) is 58.2 Å². The predicted molar refractivity (Wildman–Crippen MR) is 67.2 cm³/mol. The minimum Gasteiger partial charge on any atom is -0.479 e. The fourth-order valence-corrected chi connectivity index (χ4v) is 2.01. The molecule has 1 amide bonds. The number of unbranched alkanes of at least 4 members (excludes halogenated alkanes) is 1. The molecule has 0 aliphatic carbocycles. The van der Waals surface area contributed by atoms with Crippen LogP contribution in [0.2, 0.25) is 0 Å². The van der Waals surface area contributed by atoms with Gasteiger partial charge in [-0.2, -0.15) is 0 Å². The topological polar surface area (TPSA) is 75.6 Å². The number of carbonyl (C=O) groups is 2. The molecule has 5 nitrogen and oxygen atoms in total. The Morgan fingerprint density at radius 2 is 1.94 bits per heavy atom. The van der Waals surface area contributed by atoms with Crippen molar-refractivity contribution in [2.75, 3.05) is 6.54 Å². The lowest BCUT2D eigenvalue weighted by Gasteiger charge is -2.12. The van der Waals surface area contributed by atoms with Crippen LogP contribution in [0, 0.1) is 5.92 Å². The molecule has 1 aliphatic rings. The highest BCUT2D eigenvalue weighted by molar-refractivity contribution is 5.82. The third-order valence-electron chi connectivity index (χ3n) is 3.09. The number of carboxylic acids is 1. The van der Waals surface area contributed by atoms with Gasteiger partial charge in [-0.05, 0) is 25.2 Å². The molecule has 5 heteroatoms. The van der Waals surface area contributed by atoms with Crippen LogP contribution in [0.4, 0.5) is 0 Å². The standard InChI is InChI=1S/C13H23NO4/c1-9(2)5-3-4-8-14-12(15)10-6-7-11(18-10)13(16)17/h9-11H,3-8H2,1-2H3,(H,14,15)(H,16,17). The van der Waals surface area contributed by atoms with Crippen LogP contribution in [-0.4, -0.2) is 35.7 Å². The molecule has 0 bridgehead atoms. The van der Waals surface area contributed by atoms with Crippen molar-refractivity contribution in [1.82, 2.24) is 5.32 Å². The van der Waals surface area contributed by atoms with Crippen molar-refractivity contribution in [3.05, 3.63) is 0 Å². The number of nitrogens with one attached hydrogen (secondary N) is 1. The van der Waals surface area contributed by atoms with E-state index in [2.05, 4.69) is 19.2 Å². The molecule has 18 heavy (non-hydrogen) atoms. The van der Waals surface area contributed by atoms with Crippen molar-refractivity contribution >= 4 is 11.9 Å². The lowest BCUT2D eigenvalue weighted by Crippen LogP contribution is -2.36. The van der Waals surface area contributed by atoms with Gasteiger partial charge in [0.2, 0.25) is 5.91 Å². The molecule has 2 atom stereocenters. The van der Waals surface area contributed by atoms with Gasteiger partial charge in [0.05, 0.1) is 0 Å². The molecule has 0 saturated carbocycles. The average Bonchev–Trinajstić information content (AvgIpc) is 2.77. The Morgan fingerprint density at radius 3 is 2.50 bits per heavy atom. The van der Waals surface area contributed by atoms with E-state index >= 15 is 0 Å². The summed E-state index contributed by atoms with van der Waals surface area (Å²) in [5, 5.41) is 11.6. The third-order valence-corrected chi connectivity index (χ3v) is 3.09. The Balaban J connectivity index is 2.12. The maximum absolute atomic E-state index is 11.7. The van der Waals surface area contributed by atoms with Crippen LogP contribution in [0.5, 0.6) is 0 Å². The minimum atomic E-state index is -0.984. The van der Waals surface area contributed by atoms with Gasteiger partial charge >= 0.3 is 5.97 Å². The largest absolute Gasteiger partial charge is 0.479 e. The summed E-state index contributed by atoms with van der Waals surface area (Å²) in [6, 6.07) is 0. The average molecular weight is 257 g/mol. The molecule has 2 N–H and O–H groups in total. The number of aliphatic carboxylic acids is 1. The predicted octanol–water partition coefficient (Wildman–Crippen LogP) is 1.56. The molecule has 1 saturated heterocycles. The zero-order chi connectivity index (χ0) is 13.5. The molecule has 104 valence electrons. The highest BCUT2D eigenvalue weighted by Crippen LogP contribution is 2.19. The zero-order valence-corrected chi connectivity index (χ0v) is 11.1. The van der Waals surface area contributed by atoms with Crippen molar-refractivity contribution in [1.29, 1.82) is 0 Å². The summed E-state index contributed by atoms with van der Waals surface area (Å²) in [5.74, 6) is -0.472. The summed E-state index contributed by atoms with van der Waals surface area (Å²) in [6.45, 7) is 5.00. The number of hydrogen-bond acceptors (Lipinski definition) is 3. The fraction of sp³-hybridized carbons (Fsp3) is 0.846. The number of carboxylic acid groups (broad SMARTS) is 1. The Hall–Kier alpha value is -1.10. The molecule has 1 rings (SSSR count). The van der Waals surface area contributed by atoms with E-state index in [1.165, 1.54) is 0 Å². The van der Waals surface area contributed by atoms with Crippen molar-refractivity contribution in [2.24, 2.45) is 5.92 Å². The van der Waals surface area contributed by atoms with Crippen LogP contribution in [0.25, 0.3) is 0 Å². The van der Waals surface area contributed by atoms with Gasteiger partial charge in [0, 0.05) is 6.54 Å². The molecular formula is C13H23NO4. The second kappa shape index (κ2) is 7.36. The van der Waals surface area contributed by atoms with E-state index in [4.69, 9.17) is 9.84 Å². The van der Waals surface area contributed by atoms with E-state index in [-0.39, 0.29) is 5.91 Å². The molecule has 0 spiro atoms. The monoisotopic (exact) mass is 257 g/mol. The van der Waals surface area contributed by atoms with Gasteiger partial charge < -0.3 is 15.2 Å². The van der Waals surface area contributed by atoms with Crippen LogP contribution in [0.1, 0.15) is 46.0 Å². The van der Waals surface area contributed by atoms with Gasteiger partial charge in [-0.15, -0.1) is 0 Å². The first kappa shape index (κ1) is 15.0. The van der Waals surface area contributed by atoms with E-state index in [0.29, 0.717) is 25.3 Å². The van der Waals surface area contributed by atoms with Crippen LogP contribution in [0.3, 0.4) is 0 Å².